The summed E-state index contributed by atoms with van der Waals surface area (Å²) >= 11 is 11.7. The number of benzene rings is 1. The van der Waals surface area contributed by atoms with Gasteiger partial charge in [-0.15, -0.1) is 0 Å². The molecule has 1 atom stereocenters. The topological polar surface area (TPSA) is 117 Å². The van der Waals surface area contributed by atoms with Crippen molar-refractivity contribution in [1.29, 1.82) is 0 Å². The Morgan fingerprint density at radius 2 is 1.81 bits per heavy atom. The van der Waals surface area contributed by atoms with Crippen LogP contribution in [0.3, 0.4) is 0 Å². The number of aliphatic hydroxyl groups is 1. The molecule has 0 aromatic heterocycles. The molecule has 152 valence electrons. The summed E-state index contributed by atoms with van der Waals surface area (Å²) in [5.74, 6) is -1.35. The largest absolute Gasteiger partial charge is 0.480 e. The van der Waals surface area contributed by atoms with Gasteiger partial charge in [0.05, 0.1) is 5.02 Å². The Balaban J connectivity index is 1.96. The third kappa shape index (κ3) is 11.0. The molecule has 8 nitrogen and oxygen atoms in total. The number of ether oxygens (including phenoxy) is 2. The lowest BCUT2D eigenvalue weighted by Crippen LogP contribution is -2.29. The minimum atomic E-state index is -1.33. The Bertz CT molecular complexity index is 603. The predicted molar refractivity (Wildman–Crippen MR) is 102 cm³/mol. The number of hydrogen-bond donors (Lipinski definition) is 4. The molecule has 1 aromatic carbocycles. The first kappa shape index (κ1) is 23.5. The van der Waals surface area contributed by atoms with Crippen LogP contribution >= 0.6 is 23.2 Å². The van der Waals surface area contributed by atoms with Gasteiger partial charge in [-0.1, -0.05) is 23.2 Å². The monoisotopic (exact) mass is 422 g/mol. The normalized spacial score (nSPS) is 11.8. The summed E-state index contributed by atoms with van der Waals surface area (Å²) in [5.41, 5.74) is 0. The van der Waals surface area contributed by atoms with Gasteiger partial charge in [-0.25, -0.2) is 9.59 Å². The van der Waals surface area contributed by atoms with Crippen LogP contribution < -0.4 is 15.4 Å². The smallest absolute Gasteiger partial charge is 0.344 e. The van der Waals surface area contributed by atoms with Crippen molar-refractivity contribution in [2.24, 2.45) is 0 Å². The number of esters is 1. The maximum Gasteiger partial charge on any atom is 0.344 e. The lowest BCUT2D eigenvalue weighted by Gasteiger charge is -2.09. The third-order valence-electron chi connectivity index (χ3n) is 3.37. The van der Waals surface area contributed by atoms with Gasteiger partial charge in [0.1, 0.15) is 12.4 Å². The highest BCUT2D eigenvalue weighted by Gasteiger charge is 2.11. The molecule has 0 saturated carbocycles. The van der Waals surface area contributed by atoms with Gasteiger partial charge in [0, 0.05) is 11.6 Å². The van der Waals surface area contributed by atoms with E-state index in [1.807, 2.05) is 0 Å². The molecule has 0 aliphatic heterocycles. The van der Waals surface area contributed by atoms with Crippen molar-refractivity contribution >= 4 is 35.1 Å². The van der Waals surface area contributed by atoms with Crippen LogP contribution in [0.25, 0.3) is 0 Å². The second-order valence-electron chi connectivity index (χ2n) is 5.58. The SMILES string of the molecule is O=C(COc1ccc(Cl)cc1Cl)OCCNCCCNCC[C@H](O)C(=O)O. The Labute approximate surface area is 167 Å². The van der Waals surface area contributed by atoms with Gasteiger partial charge in [0.2, 0.25) is 0 Å². The van der Waals surface area contributed by atoms with Crippen LogP contribution in [0.2, 0.25) is 10.0 Å². The molecule has 0 heterocycles. The number of rotatable bonds is 14. The number of hydrogen-bond acceptors (Lipinski definition) is 7. The quantitative estimate of drug-likeness (QED) is 0.262. The van der Waals surface area contributed by atoms with E-state index < -0.39 is 18.0 Å². The van der Waals surface area contributed by atoms with E-state index in [0.29, 0.717) is 42.0 Å². The van der Waals surface area contributed by atoms with E-state index in [9.17, 15) is 9.59 Å². The fourth-order valence-electron chi connectivity index (χ4n) is 1.96. The molecule has 0 spiro atoms. The highest BCUT2D eigenvalue weighted by molar-refractivity contribution is 6.35. The second kappa shape index (κ2) is 13.6. The average Bonchev–Trinajstić information content (AvgIpc) is 2.62. The Hall–Kier alpha value is -1.58. The van der Waals surface area contributed by atoms with Gasteiger partial charge < -0.3 is 30.3 Å². The van der Waals surface area contributed by atoms with E-state index in [2.05, 4.69) is 10.6 Å². The van der Waals surface area contributed by atoms with Gasteiger partial charge in [-0.3, -0.25) is 0 Å². The second-order valence-corrected chi connectivity index (χ2v) is 6.42. The van der Waals surface area contributed by atoms with Crippen LogP contribution in [0.1, 0.15) is 12.8 Å². The molecule has 10 heteroatoms. The Morgan fingerprint density at radius 3 is 2.48 bits per heavy atom. The maximum absolute atomic E-state index is 11.6. The molecule has 1 aromatic rings. The molecule has 0 bridgehead atoms. The average molecular weight is 423 g/mol. The van der Waals surface area contributed by atoms with Crippen LogP contribution in [0.4, 0.5) is 0 Å². The number of carboxylic acid groups (broad SMARTS) is 1. The van der Waals surface area contributed by atoms with Gasteiger partial charge in [0.15, 0.2) is 12.7 Å². The summed E-state index contributed by atoms with van der Waals surface area (Å²) in [7, 11) is 0. The molecule has 0 aliphatic rings. The highest BCUT2D eigenvalue weighted by Crippen LogP contribution is 2.27. The van der Waals surface area contributed by atoms with Gasteiger partial charge >= 0.3 is 11.9 Å². The molecule has 0 aliphatic carbocycles. The molecule has 1 rings (SSSR count). The van der Waals surface area contributed by atoms with Crippen LogP contribution in [0, 0.1) is 0 Å². The number of aliphatic carboxylic acids is 1. The van der Waals surface area contributed by atoms with Crippen molar-refractivity contribution in [3.63, 3.8) is 0 Å². The summed E-state index contributed by atoms with van der Waals surface area (Å²) < 4.78 is 10.3. The minimum absolute atomic E-state index is 0.169. The van der Waals surface area contributed by atoms with Gasteiger partial charge in [0.25, 0.3) is 0 Å². The zero-order valence-corrected chi connectivity index (χ0v) is 16.3. The number of halogens is 2. The van der Waals surface area contributed by atoms with Gasteiger partial charge in [-0.2, -0.15) is 0 Å². The van der Waals surface area contributed by atoms with Crippen molar-refractivity contribution in [2.75, 3.05) is 39.4 Å². The first-order valence-corrected chi connectivity index (χ1v) is 9.21. The Morgan fingerprint density at radius 1 is 1.11 bits per heavy atom. The van der Waals surface area contributed by atoms with Crippen LogP contribution in [0.5, 0.6) is 5.75 Å². The number of nitrogens with one attached hydrogen (secondary N) is 2. The third-order valence-corrected chi connectivity index (χ3v) is 3.90. The van der Waals surface area contributed by atoms with E-state index in [1.165, 1.54) is 6.07 Å². The molecule has 0 radical (unpaired) electrons. The van der Waals surface area contributed by atoms with Crippen molar-refractivity contribution in [1.82, 2.24) is 10.6 Å². The molecule has 0 unspecified atom stereocenters. The number of carbonyl (C=O) groups excluding carboxylic acids is 1. The first-order valence-electron chi connectivity index (χ1n) is 8.46. The maximum atomic E-state index is 11.6. The van der Waals surface area contributed by atoms with Crippen molar-refractivity contribution in [2.45, 2.75) is 18.9 Å². The fraction of sp³-hybridized carbons (Fsp3) is 0.529. The lowest BCUT2D eigenvalue weighted by atomic mass is 10.2. The molecule has 27 heavy (non-hydrogen) atoms. The molecule has 0 amide bonds. The van der Waals surface area contributed by atoms with Crippen LogP contribution in [0.15, 0.2) is 18.2 Å². The summed E-state index contributed by atoms with van der Waals surface area (Å²) in [6.45, 7) is 2.31. The number of aliphatic hydroxyl groups excluding tert-OH is 1. The highest BCUT2D eigenvalue weighted by atomic mass is 35.5. The summed E-state index contributed by atoms with van der Waals surface area (Å²) in [6.07, 6.45) is -0.345. The summed E-state index contributed by atoms with van der Waals surface area (Å²) in [5, 5.41) is 24.5. The molecular formula is C17H24Cl2N2O6. The summed E-state index contributed by atoms with van der Waals surface area (Å²) in [4.78, 5) is 22.0. The zero-order valence-electron chi connectivity index (χ0n) is 14.7. The van der Waals surface area contributed by atoms with Crippen molar-refractivity contribution < 1.29 is 29.3 Å². The Kier molecular flexibility index (Phi) is 11.8. The first-order chi connectivity index (χ1) is 12.9. The standard InChI is InChI=1S/C17H24Cl2N2O6/c18-12-2-3-15(13(19)10-12)27-11-16(23)26-9-8-21-6-1-5-20-7-4-14(22)17(24)25/h2-3,10,14,20-22H,1,4-9,11H2,(H,24,25)/t14-/m0/s1. The fourth-order valence-corrected chi connectivity index (χ4v) is 2.42. The minimum Gasteiger partial charge on any atom is -0.480 e. The van der Waals surface area contributed by atoms with Crippen LogP contribution in [-0.4, -0.2) is 67.6 Å². The van der Waals surface area contributed by atoms with E-state index in [4.69, 9.17) is 42.9 Å². The van der Waals surface area contributed by atoms with E-state index in [-0.39, 0.29) is 19.6 Å². The number of carboxylic acids is 1. The lowest BCUT2D eigenvalue weighted by molar-refractivity contribution is -0.147. The molecule has 4 N–H and O–H groups in total. The molecular weight excluding hydrogens is 399 g/mol. The van der Waals surface area contributed by atoms with E-state index >= 15 is 0 Å². The molecule has 0 saturated heterocycles. The zero-order chi connectivity index (χ0) is 20.1. The van der Waals surface area contributed by atoms with Gasteiger partial charge in [-0.05, 0) is 50.7 Å². The van der Waals surface area contributed by atoms with E-state index in [0.717, 1.165) is 6.42 Å². The van der Waals surface area contributed by atoms with E-state index in [1.54, 1.807) is 12.1 Å². The number of carbonyl (C=O) groups is 2. The van der Waals surface area contributed by atoms with Crippen molar-refractivity contribution in [3.05, 3.63) is 28.2 Å². The van der Waals surface area contributed by atoms with Crippen molar-refractivity contribution in [3.8, 4) is 5.75 Å². The van der Waals surface area contributed by atoms with Crippen LogP contribution in [-0.2, 0) is 14.3 Å². The molecule has 0 fully saturated rings. The predicted octanol–water partition coefficient (Wildman–Crippen LogP) is 1.32. The summed E-state index contributed by atoms with van der Waals surface area (Å²) in [6, 6.07) is 4.72.